The van der Waals surface area contributed by atoms with Crippen molar-refractivity contribution in [1.29, 1.82) is 0 Å². The molecule has 1 saturated carbocycles. The highest BCUT2D eigenvalue weighted by Crippen LogP contribution is 2.36. The number of H-pyrrole nitrogens is 1. The number of rotatable bonds is 11. The summed E-state index contributed by atoms with van der Waals surface area (Å²) in [6.07, 6.45) is 3.03. The fourth-order valence-electron chi connectivity index (χ4n) is 6.30. The molecule has 1 aromatic heterocycles. The number of aliphatic hydroxyl groups excluding tert-OH is 1. The maximum absolute atomic E-state index is 13.8. The predicted molar refractivity (Wildman–Crippen MR) is 185 cm³/mol. The molecule has 1 aliphatic carbocycles. The summed E-state index contributed by atoms with van der Waals surface area (Å²) >= 11 is 0. The minimum absolute atomic E-state index is 0.0496. The van der Waals surface area contributed by atoms with Gasteiger partial charge in [0.25, 0.3) is 11.5 Å². The molecule has 0 radical (unpaired) electrons. The minimum atomic E-state index is -0.547. The normalized spacial score (nSPS) is 16.3. The monoisotopic (exact) mass is 646 g/mol. The maximum atomic E-state index is 13.8. The summed E-state index contributed by atoms with van der Waals surface area (Å²) in [5, 5.41) is 15.2. The van der Waals surface area contributed by atoms with Gasteiger partial charge in [-0.05, 0) is 127 Å². The number of aromatic amines is 1. The van der Waals surface area contributed by atoms with Crippen LogP contribution >= 0.6 is 0 Å². The fourth-order valence-corrected chi connectivity index (χ4v) is 6.30. The first-order valence-electron chi connectivity index (χ1n) is 16.5. The average molecular weight is 647 g/mol. The molecule has 1 aliphatic rings. The number of anilines is 1. The van der Waals surface area contributed by atoms with E-state index >= 15 is 0 Å². The maximum Gasteiger partial charge on any atom is 0.407 e. The van der Waals surface area contributed by atoms with Gasteiger partial charge in [-0.15, -0.1) is 0 Å². The number of hydrogen-bond donors (Lipinski definition) is 4. The van der Waals surface area contributed by atoms with Gasteiger partial charge in [0, 0.05) is 47.7 Å². The molecule has 3 aromatic rings. The number of hydrogen-bond acceptors (Lipinski definition) is 7. The van der Waals surface area contributed by atoms with E-state index in [2.05, 4.69) is 33.5 Å². The van der Waals surface area contributed by atoms with Gasteiger partial charge in [-0.25, -0.2) is 4.79 Å². The van der Waals surface area contributed by atoms with Crippen molar-refractivity contribution in [3.8, 4) is 16.9 Å². The minimum Gasteiger partial charge on any atom is -0.491 e. The Kier molecular flexibility index (Phi) is 11.7. The molecule has 4 rings (SSSR count). The lowest BCUT2D eigenvalue weighted by molar-refractivity contribution is 0.0491. The van der Waals surface area contributed by atoms with Crippen LogP contribution in [-0.2, 0) is 11.3 Å². The van der Waals surface area contributed by atoms with Gasteiger partial charge in [-0.3, -0.25) is 9.59 Å². The Morgan fingerprint density at radius 3 is 2.28 bits per heavy atom. The number of amides is 2. The van der Waals surface area contributed by atoms with E-state index in [0.717, 1.165) is 65.9 Å². The van der Waals surface area contributed by atoms with Gasteiger partial charge in [-0.2, -0.15) is 0 Å². The van der Waals surface area contributed by atoms with Crippen LogP contribution in [0.25, 0.3) is 11.1 Å². The molecule has 0 unspecified atom stereocenters. The van der Waals surface area contributed by atoms with Crippen molar-refractivity contribution in [1.82, 2.24) is 15.6 Å². The van der Waals surface area contributed by atoms with Crippen molar-refractivity contribution in [2.24, 2.45) is 0 Å². The van der Waals surface area contributed by atoms with E-state index in [1.54, 1.807) is 0 Å². The zero-order chi connectivity index (χ0) is 34.3. The van der Waals surface area contributed by atoms with Crippen molar-refractivity contribution in [2.45, 2.75) is 98.4 Å². The zero-order valence-corrected chi connectivity index (χ0v) is 28.8. The summed E-state index contributed by atoms with van der Waals surface area (Å²) in [5.74, 6) is 0.396. The molecule has 1 heterocycles. The van der Waals surface area contributed by atoms with Gasteiger partial charge in [0.15, 0.2) is 0 Å². The lowest BCUT2D eigenvalue weighted by Gasteiger charge is -2.39. The molecule has 1 fully saturated rings. The Labute approximate surface area is 277 Å². The van der Waals surface area contributed by atoms with Crippen LogP contribution in [0.2, 0.25) is 0 Å². The predicted octanol–water partition coefficient (Wildman–Crippen LogP) is 5.93. The third-order valence-corrected chi connectivity index (χ3v) is 8.60. The number of ether oxygens (including phenoxy) is 2. The van der Waals surface area contributed by atoms with E-state index in [-0.39, 0.29) is 49.4 Å². The van der Waals surface area contributed by atoms with Crippen LogP contribution in [0, 0.1) is 20.8 Å². The van der Waals surface area contributed by atoms with Crippen molar-refractivity contribution >= 4 is 17.7 Å². The summed E-state index contributed by atoms with van der Waals surface area (Å²) in [4.78, 5) is 44.1. The van der Waals surface area contributed by atoms with Crippen LogP contribution in [0.4, 0.5) is 10.5 Å². The Morgan fingerprint density at radius 1 is 1.00 bits per heavy atom. The molecular weight excluding hydrogens is 596 g/mol. The summed E-state index contributed by atoms with van der Waals surface area (Å²) in [7, 11) is 0. The summed E-state index contributed by atoms with van der Waals surface area (Å²) in [6.45, 7) is 14.4. The Bertz CT molecular complexity index is 1600. The lowest BCUT2D eigenvalue weighted by Crippen LogP contribution is -2.45. The fraction of sp³-hybridized carbons (Fsp3) is 0.486. The SMILES string of the molecule is CCN(c1cc(-c2ccc(OCCO)cc2)cc(C(=O)NCc2c(C)cc(C)[nH]c2=O)c1C)[C@H]1CC[C@H](NC(=O)OC(C)(C)C)CC1. The number of benzene rings is 2. The van der Waals surface area contributed by atoms with E-state index < -0.39 is 5.60 Å². The van der Waals surface area contributed by atoms with Crippen molar-refractivity contribution in [2.75, 3.05) is 24.7 Å². The molecule has 254 valence electrons. The Hall–Kier alpha value is -4.31. The second-order valence-corrected chi connectivity index (χ2v) is 13.3. The number of carbonyl (C=O) groups is 2. The van der Waals surface area contributed by atoms with Crippen LogP contribution in [0.1, 0.15) is 86.1 Å². The summed E-state index contributed by atoms with van der Waals surface area (Å²) < 4.78 is 11.0. The molecule has 0 atom stereocenters. The van der Waals surface area contributed by atoms with Crippen molar-refractivity contribution in [3.05, 3.63) is 80.8 Å². The smallest absolute Gasteiger partial charge is 0.407 e. The van der Waals surface area contributed by atoms with Crippen molar-refractivity contribution < 1.29 is 24.2 Å². The van der Waals surface area contributed by atoms with Gasteiger partial charge >= 0.3 is 6.09 Å². The highest BCUT2D eigenvalue weighted by Gasteiger charge is 2.29. The third-order valence-electron chi connectivity index (χ3n) is 8.60. The molecule has 2 amide bonds. The highest BCUT2D eigenvalue weighted by atomic mass is 16.6. The quantitative estimate of drug-likeness (QED) is 0.203. The van der Waals surface area contributed by atoms with E-state index in [4.69, 9.17) is 14.6 Å². The molecule has 47 heavy (non-hydrogen) atoms. The lowest BCUT2D eigenvalue weighted by atomic mass is 9.88. The number of pyridine rings is 1. The first kappa shape index (κ1) is 35.5. The molecular formula is C37H50N4O6. The Morgan fingerprint density at radius 2 is 1.68 bits per heavy atom. The number of aromatic nitrogens is 1. The molecule has 0 aliphatic heterocycles. The first-order valence-corrected chi connectivity index (χ1v) is 16.5. The van der Waals surface area contributed by atoms with Gasteiger partial charge in [0.1, 0.15) is 18.0 Å². The van der Waals surface area contributed by atoms with Crippen LogP contribution in [-0.4, -0.2) is 59.5 Å². The van der Waals surface area contributed by atoms with E-state index in [1.807, 2.05) is 77.9 Å². The number of alkyl carbamates (subject to hydrolysis) is 1. The highest BCUT2D eigenvalue weighted by molar-refractivity contribution is 5.99. The van der Waals surface area contributed by atoms with Gasteiger partial charge in [-0.1, -0.05) is 12.1 Å². The topological polar surface area (TPSA) is 133 Å². The molecule has 0 spiro atoms. The molecule has 4 N–H and O–H groups in total. The summed E-state index contributed by atoms with van der Waals surface area (Å²) in [5.41, 5.74) is 5.56. The largest absolute Gasteiger partial charge is 0.491 e. The number of aliphatic hydroxyl groups is 1. The zero-order valence-electron chi connectivity index (χ0n) is 28.8. The number of carbonyl (C=O) groups excluding carboxylic acids is 2. The number of nitrogens with one attached hydrogen (secondary N) is 3. The van der Waals surface area contributed by atoms with Crippen LogP contribution < -0.4 is 25.8 Å². The van der Waals surface area contributed by atoms with Crippen LogP contribution in [0.3, 0.4) is 0 Å². The van der Waals surface area contributed by atoms with E-state index in [0.29, 0.717) is 16.9 Å². The van der Waals surface area contributed by atoms with Gasteiger partial charge in [0.05, 0.1) is 6.61 Å². The second-order valence-electron chi connectivity index (χ2n) is 13.3. The standard InChI is InChI=1S/C37H50N4O6/c1-8-41(29-13-11-28(12-14-29)40-36(45)47-37(5,6)7)33-21-27(26-9-15-30(16-10-26)46-18-17-42)20-31(25(33)4)34(43)38-22-32-23(2)19-24(3)39-35(32)44/h9-10,15-16,19-21,28-29,42H,8,11-14,17-18,22H2,1-7H3,(H,38,43)(H,39,44)(H,40,45)/t28-,29-. The van der Waals surface area contributed by atoms with Gasteiger partial charge in [0.2, 0.25) is 0 Å². The molecule has 10 heteroatoms. The van der Waals surface area contributed by atoms with Crippen molar-refractivity contribution in [3.63, 3.8) is 0 Å². The molecule has 0 saturated heterocycles. The third kappa shape index (κ3) is 9.38. The molecule has 2 aromatic carbocycles. The molecule has 10 nitrogen and oxygen atoms in total. The number of nitrogens with zero attached hydrogens (tertiary/aromatic N) is 1. The Balaban J connectivity index is 1.62. The van der Waals surface area contributed by atoms with E-state index in [1.165, 1.54) is 0 Å². The second kappa shape index (κ2) is 15.5. The van der Waals surface area contributed by atoms with Crippen LogP contribution in [0.15, 0.2) is 47.3 Å². The van der Waals surface area contributed by atoms with E-state index in [9.17, 15) is 14.4 Å². The average Bonchev–Trinajstić information content (AvgIpc) is 3.00. The first-order chi connectivity index (χ1) is 22.3. The number of aryl methyl sites for hydroxylation is 2. The van der Waals surface area contributed by atoms with Crippen LogP contribution in [0.5, 0.6) is 5.75 Å². The summed E-state index contributed by atoms with van der Waals surface area (Å²) in [6, 6.07) is 13.8. The van der Waals surface area contributed by atoms with Gasteiger partial charge < -0.3 is 35.1 Å². The molecule has 0 bridgehead atoms.